The van der Waals surface area contributed by atoms with Gasteiger partial charge in [-0.3, -0.25) is 4.98 Å². The van der Waals surface area contributed by atoms with E-state index in [1.165, 1.54) is 32.1 Å². The Labute approximate surface area is 160 Å². The van der Waals surface area contributed by atoms with E-state index in [0.29, 0.717) is 12.6 Å². The molecule has 0 bridgehead atoms. The van der Waals surface area contributed by atoms with Gasteiger partial charge in [-0.2, -0.15) is 0 Å². The van der Waals surface area contributed by atoms with Gasteiger partial charge < -0.3 is 10.6 Å². The Hall–Kier alpha value is -2.95. The van der Waals surface area contributed by atoms with Gasteiger partial charge in [0, 0.05) is 36.6 Å². The van der Waals surface area contributed by atoms with Crippen molar-refractivity contribution in [3.8, 4) is 11.4 Å². The number of anilines is 2. The van der Waals surface area contributed by atoms with Crippen molar-refractivity contribution in [1.82, 2.24) is 15.0 Å². The van der Waals surface area contributed by atoms with E-state index in [-0.39, 0.29) is 0 Å². The van der Waals surface area contributed by atoms with Crippen molar-refractivity contribution >= 4 is 11.6 Å². The summed E-state index contributed by atoms with van der Waals surface area (Å²) >= 11 is 0. The zero-order valence-corrected chi connectivity index (χ0v) is 15.4. The molecule has 1 aliphatic carbocycles. The predicted octanol–water partition coefficient (Wildman–Crippen LogP) is 4.90. The van der Waals surface area contributed by atoms with E-state index < -0.39 is 0 Å². The Kier molecular flexibility index (Phi) is 5.58. The molecule has 1 fully saturated rings. The molecule has 3 aromatic rings. The van der Waals surface area contributed by atoms with E-state index in [9.17, 15) is 0 Å². The third kappa shape index (κ3) is 4.82. The van der Waals surface area contributed by atoms with Crippen molar-refractivity contribution in [2.24, 2.45) is 0 Å². The fourth-order valence-corrected chi connectivity index (χ4v) is 3.48. The minimum absolute atomic E-state index is 0.503. The van der Waals surface area contributed by atoms with Crippen LogP contribution in [0.5, 0.6) is 0 Å². The maximum Gasteiger partial charge on any atom is 0.163 e. The number of nitrogens with zero attached hydrogens (tertiary/aromatic N) is 3. The van der Waals surface area contributed by atoms with Gasteiger partial charge in [-0.1, -0.05) is 55.7 Å². The minimum Gasteiger partial charge on any atom is -0.367 e. The molecule has 27 heavy (non-hydrogen) atoms. The monoisotopic (exact) mass is 359 g/mol. The van der Waals surface area contributed by atoms with Crippen LogP contribution in [0.25, 0.3) is 11.4 Å². The molecule has 5 heteroatoms. The second-order valence-electron chi connectivity index (χ2n) is 7.02. The maximum absolute atomic E-state index is 4.78. The van der Waals surface area contributed by atoms with Crippen molar-refractivity contribution in [3.05, 3.63) is 66.5 Å². The molecule has 2 N–H and O–H groups in total. The van der Waals surface area contributed by atoms with Crippen molar-refractivity contribution in [2.45, 2.75) is 44.7 Å². The predicted molar refractivity (Wildman–Crippen MR) is 110 cm³/mol. The van der Waals surface area contributed by atoms with Crippen LogP contribution in [-0.4, -0.2) is 21.0 Å². The molecule has 5 nitrogen and oxygen atoms in total. The van der Waals surface area contributed by atoms with Crippen molar-refractivity contribution in [2.75, 3.05) is 10.6 Å². The molecule has 1 aromatic carbocycles. The summed E-state index contributed by atoms with van der Waals surface area (Å²) in [7, 11) is 0. The van der Waals surface area contributed by atoms with E-state index in [4.69, 9.17) is 9.97 Å². The zero-order chi connectivity index (χ0) is 18.3. The highest BCUT2D eigenvalue weighted by molar-refractivity contribution is 5.61. The number of benzene rings is 1. The summed E-state index contributed by atoms with van der Waals surface area (Å²) in [6.45, 7) is 0.682. The van der Waals surface area contributed by atoms with Crippen LogP contribution in [-0.2, 0) is 6.54 Å². The highest BCUT2D eigenvalue weighted by Crippen LogP contribution is 2.24. The molecule has 4 rings (SSSR count). The van der Waals surface area contributed by atoms with E-state index in [1.54, 1.807) is 6.20 Å². The highest BCUT2D eigenvalue weighted by atomic mass is 15.1. The van der Waals surface area contributed by atoms with Crippen LogP contribution in [0.2, 0.25) is 0 Å². The van der Waals surface area contributed by atoms with Gasteiger partial charge in [0.15, 0.2) is 5.82 Å². The zero-order valence-electron chi connectivity index (χ0n) is 15.4. The first kappa shape index (κ1) is 17.5. The molecule has 0 amide bonds. The lowest BCUT2D eigenvalue weighted by Crippen LogP contribution is -2.23. The first-order valence-electron chi connectivity index (χ1n) is 9.71. The molecule has 0 unspecified atom stereocenters. The SMILES string of the molecule is c1ccc(-c2nc(NCc3cccnc3)cc(NC3CCCCC3)n2)cc1. The molecule has 0 radical (unpaired) electrons. The van der Waals surface area contributed by atoms with Crippen LogP contribution in [0, 0.1) is 0 Å². The fourth-order valence-electron chi connectivity index (χ4n) is 3.48. The average molecular weight is 359 g/mol. The third-order valence-electron chi connectivity index (χ3n) is 4.91. The van der Waals surface area contributed by atoms with E-state index in [2.05, 4.69) is 21.7 Å². The van der Waals surface area contributed by atoms with Gasteiger partial charge in [-0.15, -0.1) is 0 Å². The molecular weight excluding hydrogens is 334 g/mol. The third-order valence-corrected chi connectivity index (χ3v) is 4.91. The van der Waals surface area contributed by atoms with Gasteiger partial charge in [-0.25, -0.2) is 9.97 Å². The van der Waals surface area contributed by atoms with Crippen molar-refractivity contribution < 1.29 is 0 Å². The van der Waals surface area contributed by atoms with Gasteiger partial charge in [0.2, 0.25) is 0 Å². The lowest BCUT2D eigenvalue weighted by molar-refractivity contribution is 0.462. The first-order chi connectivity index (χ1) is 13.4. The molecule has 0 saturated heterocycles. The summed E-state index contributed by atoms with van der Waals surface area (Å²) in [6.07, 6.45) is 10.0. The Morgan fingerprint density at radius 1 is 0.889 bits per heavy atom. The summed E-state index contributed by atoms with van der Waals surface area (Å²) in [5.41, 5.74) is 2.15. The van der Waals surface area contributed by atoms with Gasteiger partial charge in [0.1, 0.15) is 11.6 Å². The number of hydrogen-bond acceptors (Lipinski definition) is 5. The Bertz CT molecular complexity index is 845. The molecule has 2 heterocycles. The van der Waals surface area contributed by atoms with Gasteiger partial charge in [-0.05, 0) is 24.5 Å². The molecule has 1 aliphatic rings. The quantitative estimate of drug-likeness (QED) is 0.656. The normalized spacial score (nSPS) is 14.7. The van der Waals surface area contributed by atoms with Gasteiger partial charge >= 0.3 is 0 Å². The van der Waals surface area contributed by atoms with Crippen LogP contribution < -0.4 is 10.6 Å². The molecule has 1 saturated carbocycles. The standard InChI is InChI=1S/C22H25N5/c1-3-9-18(10-4-1)22-26-20(24-16-17-8-7-13-23-15-17)14-21(27-22)25-19-11-5-2-6-12-19/h1,3-4,7-10,13-15,19H,2,5-6,11-12,16H2,(H2,24,25,26,27). The van der Waals surface area contributed by atoms with Crippen molar-refractivity contribution in [3.63, 3.8) is 0 Å². The number of aromatic nitrogens is 3. The molecule has 0 spiro atoms. The van der Waals surface area contributed by atoms with Crippen molar-refractivity contribution in [1.29, 1.82) is 0 Å². The van der Waals surface area contributed by atoms with Crippen LogP contribution in [0.15, 0.2) is 60.9 Å². The summed E-state index contributed by atoms with van der Waals surface area (Å²) in [5.74, 6) is 2.46. The van der Waals surface area contributed by atoms with Crippen LogP contribution in [0.3, 0.4) is 0 Å². The fraction of sp³-hybridized carbons (Fsp3) is 0.318. The Morgan fingerprint density at radius 2 is 1.70 bits per heavy atom. The van der Waals surface area contributed by atoms with Gasteiger partial charge in [0.25, 0.3) is 0 Å². The topological polar surface area (TPSA) is 62.7 Å². The molecule has 0 aliphatic heterocycles. The van der Waals surface area contributed by atoms with Gasteiger partial charge in [0.05, 0.1) is 0 Å². The second-order valence-corrected chi connectivity index (χ2v) is 7.02. The number of pyridine rings is 1. The Morgan fingerprint density at radius 3 is 2.48 bits per heavy atom. The lowest BCUT2D eigenvalue weighted by Gasteiger charge is -2.23. The summed E-state index contributed by atoms with van der Waals surface area (Å²) in [5, 5.41) is 7.04. The molecular formula is C22H25N5. The highest BCUT2D eigenvalue weighted by Gasteiger charge is 2.15. The molecule has 0 atom stereocenters. The molecule has 138 valence electrons. The van der Waals surface area contributed by atoms with E-state index in [0.717, 1.165) is 28.6 Å². The smallest absolute Gasteiger partial charge is 0.163 e. The van der Waals surface area contributed by atoms with Crippen LogP contribution in [0.1, 0.15) is 37.7 Å². The average Bonchev–Trinajstić information content (AvgIpc) is 2.74. The lowest BCUT2D eigenvalue weighted by atomic mass is 9.95. The number of rotatable bonds is 6. The van der Waals surface area contributed by atoms with E-state index in [1.807, 2.05) is 48.7 Å². The second kappa shape index (κ2) is 8.62. The summed E-state index contributed by atoms with van der Waals surface area (Å²) in [4.78, 5) is 13.7. The number of hydrogen-bond donors (Lipinski definition) is 2. The first-order valence-corrected chi connectivity index (χ1v) is 9.71. The summed E-state index contributed by atoms with van der Waals surface area (Å²) in [6, 6.07) is 16.7. The summed E-state index contributed by atoms with van der Waals surface area (Å²) < 4.78 is 0. The number of nitrogens with one attached hydrogen (secondary N) is 2. The largest absolute Gasteiger partial charge is 0.367 e. The minimum atomic E-state index is 0.503. The Balaban J connectivity index is 1.57. The van der Waals surface area contributed by atoms with E-state index >= 15 is 0 Å². The maximum atomic E-state index is 4.78. The van der Waals surface area contributed by atoms with Crippen LogP contribution in [0.4, 0.5) is 11.6 Å². The molecule has 2 aromatic heterocycles. The van der Waals surface area contributed by atoms with Crippen LogP contribution >= 0.6 is 0 Å².